The second kappa shape index (κ2) is 7.10. The van der Waals surface area contributed by atoms with Gasteiger partial charge in [0.2, 0.25) is 5.56 Å². The third kappa shape index (κ3) is 3.69. The van der Waals surface area contributed by atoms with Crippen LogP contribution in [-0.2, 0) is 6.54 Å². The SMILES string of the molecule is COc1cccc(-c2ncc(CNC(=O)c3cccc(=O)[nH]3)s2)c1. The lowest BCUT2D eigenvalue weighted by Crippen LogP contribution is -2.25. The van der Waals surface area contributed by atoms with Crippen LogP contribution in [0.1, 0.15) is 15.4 Å². The lowest BCUT2D eigenvalue weighted by molar-refractivity contribution is 0.0946. The monoisotopic (exact) mass is 341 g/mol. The Labute approximate surface area is 142 Å². The molecule has 1 amide bonds. The zero-order valence-corrected chi connectivity index (χ0v) is 13.7. The predicted molar refractivity (Wildman–Crippen MR) is 92.3 cm³/mol. The van der Waals surface area contributed by atoms with E-state index in [-0.39, 0.29) is 17.2 Å². The number of rotatable bonds is 5. The Morgan fingerprint density at radius 2 is 2.12 bits per heavy atom. The minimum atomic E-state index is -0.330. The molecule has 0 saturated carbocycles. The summed E-state index contributed by atoms with van der Waals surface area (Å²) in [5, 5.41) is 3.62. The maximum Gasteiger partial charge on any atom is 0.268 e. The van der Waals surface area contributed by atoms with Gasteiger partial charge in [0.1, 0.15) is 16.5 Å². The van der Waals surface area contributed by atoms with Crippen LogP contribution in [-0.4, -0.2) is 23.0 Å². The van der Waals surface area contributed by atoms with Gasteiger partial charge in [0, 0.05) is 22.7 Å². The number of aromatic nitrogens is 2. The highest BCUT2D eigenvalue weighted by Gasteiger charge is 2.09. The summed E-state index contributed by atoms with van der Waals surface area (Å²) in [6, 6.07) is 12.1. The number of pyridine rings is 1. The van der Waals surface area contributed by atoms with E-state index in [2.05, 4.69) is 15.3 Å². The molecule has 0 aliphatic carbocycles. The Morgan fingerprint density at radius 1 is 1.29 bits per heavy atom. The smallest absolute Gasteiger partial charge is 0.268 e. The van der Waals surface area contributed by atoms with E-state index in [1.54, 1.807) is 25.4 Å². The van der Waals surface area contributed by atoms with Gasteiger partial charge >= 0.3 is 0 Å². The quantitative estimate of drug-likeness (QED) is 0.746. The second-order valence-corrected chi connectivity index (χ2v) is 6.09. The molecule has 0 bridgehead atoms. The lowest BCUT2D eigenvalue weighted by Gasteiger charge is -2.03. The molecule has 0 aliphatic rings. The minimum absolute atomic E-state index is 0.236. The molecular weight excluding hydrogens is 326 g/mol. The first-order valence-corrected chi connectivity index (χ1v) is 8.04. The van der Waals surface area contributed by atoms with Gasteiger partial charge in [0.25, 0.3) is 5.91 Å². The third-order valence-corrected chi connectivity index (χ3v) is 4.35. The van der Waals surface area contributed by atoms with E-state index < -0.39 is 0 Å². The first kappa shape index (κ1) is 15.9. The van der Waals surface area contributed by atoms with Crippen molar-refractivity contribution in [3.8, 4) is 16.3 Å². The van der Waals surface area contributed by atoms with E-state index in [0.29, 0.717) is 6.54 Å². The van der Waals surface area contributed by atoms with Crippen molar-refractivity contribution in [3.05, 3.63) is 69.6 Å². The molecular formula is C17H15N3O3S. The van der Waals surface area contributed by atoms with Crippen molar-refractivity contribution in [2.24, 2.45) is 0 Å². The Bertz CT molecular complexity index is 917. The van der Waals surface area contributed by atoms with Crippen LogP contribution in [0.3, 0.4) is 0 Å². The van der Waals surface area contributed by atoms with E-state index >= 15 is 0 Å². The van der Waals surface area contributed by atoms with Crippen molar-refractivity contribution in [3.63, 3.8) is 0 Å². The molecule has 0 spiro atoms. The number of aromatic amines is 1. The number of hydrogen-bond donors (Lipinski definition) is 2. The van der Waals surface area contributed by atoms with Crippen molar-refractivity contribution in [2.45, 2.75) is 6.54 Å². The average molecular weight is 341 g/mol. The molecule has 24 heavy (non-hydrogen) atoms. The number of ether oxygens (including phenoxy) is 1. The number of carbonyl (C=O) groups excluding carboxylic acids is 1. The van der Waals surface area contributed by atoms with Crippen LogP contribution in [0.2, 0.25) is 0 Å². The van der Waals surface area contributed by atoms with Gasteiger partial charge in [-0.1, -0.05) is 18.2 Å². The number of nitrogens with zero attached hydrogens (tertiary/aromatic N) is 1. The van der Waals surface area contributed by atoms with E-state index in [4.69, 9.17) is 4.74 Å². The Kier molecular flexibility index (Phi) is 4.72. The first-order valence-electron chi connectivity index (χ1n) is 7.22. The lowest BCUT2D eigenvalue weighted by atomic mass is 10.2. The fourth-order valence-corrected chi connectivity index (χ4v) is 2.97. The molecule has 0 atom stereocenters. The van der Waals surface area contributed by atoms with Crippen LogP contribution >= 0.6 is 11.3 Å². The summed E-state index contributed by atoms with van der Waals surface area (Å²) in [6.07, 6.45) is 1.73. The van der Waals surface area contributed by atoms with Crippen LogP contribution in [0.4, 0.5) is 0 Å². The Morgan fingerprint density at radius 3 is 2.92 bits per heavy atom. The fraction of sp³-hybridized carbons (Fsp3) is 0.118. The van der Waals surface area contributed by atoms with E-state index in [9.17, 15) is 9.59 Å². The van der Waals surface area contributed by atoms with E-state index in [1.165, 1.54) is 17.4 Å². The molecule has 0 radical (unpaired) electrons. The van der Waals surface area contributed by atoms with Gasteiger partial charge in [-0.25, -0.2) is 4.98 Å². The number of carbonyl (C=O) groups is 1. The molecule has 3 rings (SSSR count). The average Bonchev–Trinajstić information content (AvgIpc) is 3.09. The van der Waals surface area contributed by atoms with E-state index in [1.807, 2.05) is 24.3 Å². The summed E-state index contributed by atoms with van der Waals surface area (Å²) in [5.41, 5.74) is 0.894. The van der Waals surface area contributed by atoms with Crippen molar-refractivity contribution < 1.29 is 9.53 Å². The summed E-state index contributed by atoms with van der Waals surface area (Å²) < 4.78 is 5.21. The molecule has 122 valence electrons. The number of H-pyrrole nitrogens is 1. The molecule has 0 aliphatic heterocycles. The molecule has 6 nitrogen and oxygen atoms in total. The fourth-order valence-electron chi connectivity index (χ4n) is 2.12. The molecule has 2 aromatic heterocycles. The number of nitrogens with one attached hydrogen (secondary N) is 2. The summed E-state index contributed by atoms with van der Waals surface area (Å²) in [6.45, 7) is 0.345. The van der Waals surface area contributed by atoms with Crippen LogP contribution in [0.15, 0.2) is 53.5 Å². The molecule has 2 heterocycles. The maximum absolute atomic E-state index is 12.0. The van der Waals surface area contributed by atoms with Gasteiger partial charge in [-0.2, -0.15) is 0 Å². The number of thiazole rings is 1. The number of benzene rings is 1. The molecule has 7 heteroatoms. The summed E-state index contributed by atoms with van der Waals surface area (Å²) in [4.78, 5) is 31.0. The summed E-state index contributed by atoms with van der Waals surface area (Å²) in [5.74, 6) is 0.439. The third-order valence-electron chi connectivity index (χ3n) is 3.31. The van der Waals surface area contributed by atoms with Crippen molar-refractivity contribution in [2.75, 3.05) is 7.11 Å². The number of amides is 1. The Hall–Kier alpha value is -2.93. The predicted octanol–water partition coefficient (Wildman–Crippen LogP) is 2.44. The van der Waals surface area contributed by atoms with Crippen molar-refractivity contribution in [1.82, 2.24) is 15.3 Å². The zero-order valence-electron chi connectivity index (χ0n) is 12.9. The Balaban J connectivity index is 1.68. The first-order chi connectivity index (χ1) is 11.7. The standard InChI is InChI=1S/C17H15N3O3S/c1-23-12-5-2-4-11(8-12)17-19-10-13(24-17)9-18-16(22)14-6-3-7-15(21)20-14/h2-8,10H,9H2,1H3,(H,18,22)(H,20,21). The highest BCUT2D eigenvalue weighted by atomic mass is 32.1. The van der Waals surface area contributed by atoms with Gasteiger partial charge in [-0.15, -0.1) is 11.3 Å². The largest absolute Gasteiger partial charge is 0.497 e. The van der Waals surface area contributed by atoms with Crippen LogP contribution < -0.4 is 15.6 Å². The molecule has 0 fully saturated rings. The topological polar surface area (TPSA) is 84.1 Å². The van der Waals surface area contributed by atoms with Crippen LogP contribution in [0.25, 0.3) is 10.6 Å². The zero-order chi connectivity index (χ0) is 16.9. The van der Waals surface area contributed by atoms with Gasteiger partial charge < -0.3 is 15.0 Å². The van der Waals surface area contributed by atoms with Crippen molar-refractivity contribution >= 4 is 17.2 Å². The molecule has 0 unspecified atom stereocenters. The van der Waals surface area contributed by atoms with Crippen LogP contribution in [0, 0.1) is 0 Å². The highest BCUT2D eigenvalue weighted by molar-refractivity contribution is 7.15. The summed E-state index contributed by atoms with van der Waals surface area (Å²) in [7, 11) is 1.62. The maximum atomic E-state index is 12.0. The normalized spacial score (nSPS) is 10.4. The molecule has 3 aromatic rings. The molecule has 0 saturated heterocycles. The molecule has 2 N–H and O–H groups in total. The summed E-state index contributed by atoms with van der Waals surface area (Å²) >= 11 is 1.49. The van der Waals surface area contributed by atoms with Crippen molar-refractivity contribution in [1.29, 1.82) is 0 Å². The molecule has 1 aromatic carbocycles. The van der Waals surface area contributed by atoms with Gasteiger partial charge in [-0.3, -0.25) is 9.59 Å². The highest BCUT2D eigenvalue weighted by Crippen LogP contribution is 2.27. The van der Waals surface area contributed by atoms with Gasteiger partial charge in [0.05, 0.1) is 13.7 Å². The minimum Gasteiger partial charge on any atom is -0.497 e. The van der Waals surface area contributed by atoms with E-state index in [0.717, 1.165) is 21.2 Å². The van der Waals surface area contributed by atoms with Crippen LogP contribution in [0.5, 0.6) is 5.75 Å². The number of hydrogen-bond acceptors (Lipinski definition) is 5. The second-order valence-electron chi connectivity index (χ2n) is 4.98. The number of methoxy groups -OCH3 is 1. The van der Waals surface area contributed by atoms with Gasteiger partial charge in [-0.05, 0) is 18.2 Å². The van der Waals surface area contributed by atoms with Gasteiger partial charge in [0.15, 0.2) is 0 Å².